The number of hydrogen-bond acceptors (Lipinski definition) is 3. The van der Waals surface area contributed by atoms with E-state index in [1.54, 1.807) is 19.2 Å². The van der Waals surface area contributed by atoms with Crippen molar-refractivity contribution in [3.8, 4) is 0 Å². The van der Waals surface area contributed by atoms with E-state index in [4.69, 9.17) is 4.74 Å². The second-order valence-corrected chi connectivity index (χ2v) is 6.91. The lowest BCUT2D eigenvalue weighted by atomic mass is 9.71. The first kappa shape index (κ1) is 20.0. The first-order chi connectivity index (χ1) is 13.6. The van der Waals surface area contributed by atoms with Crippen LogP contribution in [0.25, 0.3) is 0 Å². The second kappa shape index (κ2) is 8.96. The normalized spacial score (nSPS) is 15.4. The zero-order valence-electron chi connectivity index (χ0n) is 16.3. The summed E-state index contributed by atoms with van der Waals surface area (Å²) >= 11 is 0. The van der Waals surface area contributed by atoms with Crippen LogP contribution in [0, 0.1) is 5.92 Å². The first-order valence-electron chi connectivity index (χ1n) is 9.57. The molecule has 0 aliphatic carbocycles. The van der Waals surface area contributed by atoms with Gasteiger partial charge in [0, 0.05) is 12.7 Å². The fraction of sp³-hybridized carbons (Fsp3) is 0.240. The lowest BCUT2D eigenvalue weighted by Crippen LogP contribution is -2.45. The summed E-state index contributed by atoms with van der Waals surface area (Å²) in [4.78, 5) is 13.4. The Morgan fingerprint density at radius 1 is 0.893 bits per heavy atom. The van der Waals surface area contributed by atoms with Gasteiger partial charge in [-0.3, -0.25) is 4.79 Å². The Bertz CT molecular complexity index is 877. The van der Waals surface area contributed by atoms with Crippen molar-refractivity contribution in [2.24, 2.45) is 5.92 Å². The molecule has 0 radical (unpaired) electrons. The van der Waals surface area contributed by atoms with Crippen LogP contribution in [0.5, 0.6) is 0 Å². The van der Waals surface area contributed by atoms with Gasteiger partial charge in [0.2, 0.25) is 0 Å². The lowest BCUT2D eigenvalue weighted by Gasteiger charge is -2.41. The van der Waals surface area contributed by atoms with E-state index in [1.807, 2.05) is 85.8 Å². The van der Waals surface area contributed by atoms with Crippen molar-refractivity contribution in [1.29, 1.82) is 0 Å². The molecular formula is C25H26O3. The van der Waals surface area contributed by atoms with Crippen LogP contribution in [0.2, 0.25) is 0 Å². The molecule has 3 atom stereocenters. The summed E-state index contributed by atoms with van der Waals surface area (Å²) in [5.74, 6) is -0.755. The third kappa shape index (κ3) is 3.77. The Balaban J connectivity index is 2.16. The van der Waals surface area contributed by atoms with Crippen molar-refractivity contribution in [3.05, 3.63) is 108 Å². The standard InChI is InChI=1S/C25H26O3/c1-3-22(23(26)19-13-7-4-8-14-19)25(27,21-17-11-6-12-18-21)24(28-2)20-15-9-5-10-16-20/h4-18,22,24,27H,3H2,1-2H3/t22-,24-,25-/m1/s1. The van der Waals surface area contributed by atoms with Crippen molar-refractivity contribution in [2.45, 2.75) is 25.0 Å². The van der Waals surface area contributed by atoms with Crippen LogP contribution in [0.4, 0.5) is 0 Å². The van der Waals surface area contributed by atoms with E-state index in [0.717, 1.165) is 5.56 Å². The predicted octanol–water partition coefficient (Wildman–Crippen LogP) is 5.17. The molecule has 1 N–H and O–H groups in total. The molecule has 0 heterocycles. The van der Waals surface area contributed by atoms with Crippen molar-refractivity contribution in [1.82, 2.24) is 0 Å². The molecule has 0 fully saturated rings. The first-order valence-corrected chi connectivity index (χ1v) is 9.57. The zero-order chi connectivity index (χ0) is 20.0. The van der Waals surface area contributed by atoms with E-state index in [0.29, 0.717) is 17.5 Å². The second-order valence-electron chi connectivity index (χ2n) is 6.91. The molecule has 144 valence electrons. The summed E-state index contributed by atoms with van der Waals surface area (Å²) in [5.41, 5.74) is 0.572. The molecule has 0 spiro atoms. The van der Waals surface area contributed by atoms with Gasteiger partial charge in [-0.15, -0.1) is 0 Å². The van der Waals surface area contributed by atoms with Gasteiger partial charge < -0.3 is 9.84 Å². The molecule has 0 aliphatic heterocycles. The lowest BCUT2D eigenvalue weighted by molar-refractivity contribution is -0.129. The molecule has 28 heavy (non-hydrogen) atoms. The number of methoxy groups -OCH3 is 1. The van der Waals surface area contributed by atoms with Crippen molar-refractivity contribution >= 4 is 5.78 Å². The van der Waals surface area contributed by atoms with E-state index in [9.17, 15) is 9.90 Å². The van der Waals surface area contributed by atoms with Crippen LogP contribution in [0.3, 0.4) is 0 Å². The minimum Gasteiger partial charge on any atom is -0.381 e. The van der Waals surface area contributed by atoms with Gasteiger partial charge in [0.1, 0.15) is 11.7 Å². The number of ketones is 1. The Hall–Kier alpha value is -2.75. The highest BCUT2D eigenvalue weighted by Crippen LogP contribution is 2.45. The number of Topliss-reactive ketones (excluding diaryl/α,β-unsaturated/α-hetero) is 1. The quantitative estimate of drug-likeness (QED) is 0.553. The SMILES string of the molecule is CC[C@H](C(=O)c1ccccc1)[C@](O)(c1ccccc1)[C@H](OC)c1ccccc1. The summed E-state index contributed by atoms with van der Waals surface area (Å²) in [6.07, 6.45) is -0.208. The molecule has 0 bridgehead atoms. The highest BCUT2D eigenvalue weighted by molar-refractivity contribution is 5.98. The monoisotopic (exact) mass is 374 g/mol. The number of carbonyl (C=O) groups is 1. The molecular weight excluding hydrogens is 348 g/mol. The predicted molar refractivity (Wildman–Crippen MR) is 111 cm³/mol. The fourth-order valence-electron chi connectivity index (χ4n) is 3.94. The van der Waals surface area contributed by atoms with Crippen LogP contribution >= 0.6 is 0 Å². The molecule has 0 saturated carbocycles. The van der Waals surface area contributed by atoms with Crippen LogP contribution in [0.15, 0.2) is 91.0 Å². The molecule has 0 aliphatic rings. The molecule has 3 aromatic rings. The van der Waals surface area contributed by atoms with Gasteiger partial charge in [-0.2, -0.15) is 0 Å². The van der Waals surface area contributed by atoms with Crippen molar-refractivity contribution in [3.63, 3.8) is 0 Å². The number of hydrogen-bond donors (Lipinski definition) is 1. The Morgan fingerprint density at radius 3 is 1.89 bits per heavy atom. The smallest absolute Gasteiger partial charge is 0.169 e. The molecule has 0 aromatic heterocycles. The third-order valence-electron chi connectivity index (χ3n) is 5.29. The minimum atomic E-state index is -1.51. The maximum Gasteiger partial charge on any atom is 0.169 e. The summed E-state index contributed by atoms with van der Waals surface area (Å²) in [5, 5.41) is 12.1. The van der Waals surface area contributed by atoms with Gasteiger partial charge in [0.15, 0.2) is 5.78 Å². The van der Waals surface area contributed by atoms with Gasteiger partial charge in [0.05, 0.1) is 5.92 Å². The fourth-order valence-corrected chi connectivity index (χ4v) is 3.94. The molecule has 0 unspecified atom stereocenters. The van der Waals surface area contributed by atoms with E-state index in [2.05, 4.69) is 0 Å². The molecule has 0 saturated heterocycles. The Labute approximate surface area is 166 Å². The topological polar surface area (TPSA) is 46.5 Å². The Kier molecular flexibility index (Phi) is 6.40. The zero-order valence-corrected chi connectivity index (χ0v) is 16.3. The Morgan fingerprint density at radius 2 is 1.39 bits per heavy atom. The summed E-state index contributed by atoms with van der Waals surface area (Å²) in [7, 11) is 1.57. The summed E-state index contributed by atoms with van der Waals surface area (Å²) in [6, 6.07) is 28.1. The van der Waals surface area contributed by atoms with Gasteiger partial charge in [-0.25, -0.2) is 0 Å². The number of benzene rings is 3. The van der Waals surface area contributed by atoms with E-state index >= 15 is 0 Å². The highest BCUT2D eigenvalue weighted by atomic mass is 16.5. The van der Waals surface area contributed by atoms with Gasteiger partial charge in [-0.05, 0) is 17.5 Å². The number of rotatable bonds is 8. The van der Waals surface area contributed by atoms with Gasteiger partial charge in [-0.1, -0.05) is 97.9 Å². The third-order valence-corrected chi connectivity index (χ3v) is 5.29. The van der Waals surface area contributed by atoms with E-state index in [1.165, 1.54) is 0 Å². The maximum absolute atomic E-state index is 13.4. The van der Waals surface area contributed by atoms with Crippen molar-refractivity contribution in [2.75, 3.05) is 7.11 Å². The average Bonchev–Trinajstić information content (AvgIpc) is 2.76. The van der Waals surface area contributed by atoms with Crippen LogP contribution < -0.4 is 0 Å². The van der Waals surface area contributed by atoms with Crippen molar-refractivity contribution < 1.29 is 14.6 Å². The van der Waals surface area contributed by atoms with E-state index < -0.39 is 17.6 Å². The number of carbonyl (C=O) groups excluding carboxylic acids is 1. The van der Waals surface area contributed by atoms with Crippen LogP contribution in [-0.2, 0) is 10.3 Å². The highest BCUT2D eigenvalue weighted by Gasteiger charge is 2.49. The largest absolute Gasteiger partial charge is 0.381 e. The molecule has 3 nitrogen and oxygen atoms in total. The summed E-state index contributed by atoms with van der Waals surface area (Å²) < 4.78 is 5.82. The molecule has 3 heteroatoms. The minimum absolute atomic E-state index is 0.0903. The average molecular weight is 374 g/mol. The maximum atomic E-state index is 13.4. The van der Waals surface area contributed by atoms with E-state index in [-0.39, 0.29) is 5.78 Å². The summed E-state index contributed by atoms with van der Waals surface area (Å²) in [6.45, 7) is 1.93. The van der Waals surface area contributed by atoms with Crippen LogP contribution in [-0.4, -0.2) is 18.0 Å². The number of ether oxygens (including phenoxy) is 1. The molecule has 3 rings (SSSR count). The van der Waals surface area contributed by atoms with Crippen LogP contribution in [0.1, 0.15) is 40.9 Å². The number of aliphatic hydroxyl groups is 1. The molecule has 0 amide bonds. The van der Waals surface area contributed by atoms with Gasteiger partial charge in [0.25, 0.3) is 0 Å². The molecule has 3 aromatic carbocycles. The van der Waals surface area contributed by atoms with Gasteiger partial charge >= 0.3 is 0 Å².